The summed E-state index contributed by atoms with van der Waals surface area (Å²) in [6.45, 7) is 2.13. The fourth-order valence-corrected chi connectivity index (χ4v) is 4.64. The molecule has 2 aromatic carbocycles. The molecule has 0 aliphatic heterocycles. The average Bonchev–Trinajstić information content (AvgIpc) is 3.50. The van der Waals surface area contributed by atoms with E-state index < -0.39 is 0 Å². The predicted molar refractivity (Wildman–Crippen MR) is 125 cm³/mol. The van der Waals surface area contributed by atoms with Crippen LogP contribution in [0.1, 0.15) is 18.5 Å². The summed E-state index contributed by atoms with van der Waals surface area (Å²) in [5, 5.41) is 11.2. The number of thiophene rings is 1. The van der Waals surface area contributed by atoms with Crippen molar-refractivity contribution in [3.8, 4) is 22.6 Å². The van der Waals surface area contributed by atoms with Crippen LogP contribution in [0.5, 0.6) is 5.75 Å². The largest absolute Gasteiger partial charge is 0.497 e. The molecular weight excluding hydrogens is 406 g/mol. The van der Waals surface area contributed by atoms with Gasteiger partial charge in [-0.25, -0.2) is 14.6 Å². The third kappa shape index (κ3) is 3.64. The Labute approximate surface area is 184 Å². The molecule has 0 aliphatic rings. The summed E-state index contributed by atoms with van der Waals surface area (Å²) in [4.78, 5) is 10.0. The molecule has 5 aromatic rings. The van der Waals surface area contributed by atoms with Gasteiger partial charge in [-0.2, -0.15) is 5.10 Å². The third-order valence-corrected chi connectivity index (χ3v) is 6.17. The number of para-hydroxylation sites is 1. The van der Waals surface area contributed by atoms with E-state index in [1.165, 1.54) is 0 Å². The Kier molecular flexibility index (Phi) is 5.09. The predicted octanol–water partition coefficient (Wildman–Crippen LogP) is 5.73. The number of nitrogens with zero attached hydrogens (tertiary/aromatic N) is 4. The second-order valence-electron chi connectivity index (χ2n) is 7.16. The van der Waals surface area contributed by atoms with Crippen LogP contribution in [0.15, 0.2) is 78.7 Å². The number of benzene rings is 2. The van der Waals surface area contributed by atoms with E-state index in [-0.39, 0.29) is 6.04 Å². The highest BCUT2D eigenvalue weighted by atomic mass is 32.1. The number of fused-ring (bicyclic) bond motifs is 1. The summed E-state index contributed by atoms with van der Waals surface area (Å²) in [7, 11) is 1.67. The van der Waals surface area contributed by atoms with Crippen LogP contribution >= 0.6 is 11.3 Å². The van der Waals surface area contributed by atoms with Crippen molar-refractivity contribution in [1.82, 2.24) is 19.7 Å². The summed E-state index contributed by atoms with van der Waals surface area (Å²) in [6.07, 6.45) is 5.36. The van der Waals surface area contributed by atoms with Gasteiger partial charge in [0.25, 0.3) is 0 Å². The molecule has 0 saturated carbocycles. The Hall–Kier alpha value is -3.71. The van der Waals surface area contributed by atoms with Gasteiger partial charge in [-0.15, -0.1) is 11.3 Å². The minimum atomic E-state index is 0.0158. The first-order chi connectivity index (χ1) is 15.2. The normalized spacial score (nSPS) is 12.1. The molecule has 0 aliphatic carbocycles. The van der Waals surface area contributed by atoms with Crippen molar-refractivity contribution in [2.24, 2.45) is 0 Å². The van der Waals surface area contributed by atoms with Gasteiger partial charge in [-0.3, -0.25) is 0 Å². The Morgan fingerprint density at radius 1 is 1.03 bits per heavy atom. The van der Waals surface area contributed by atoms with Gasteiger partial charge < -0.3 is 10.1 Å². The molecule has 1 atom stereocenters. The number of aromatic nitrogens is 4. The van der Waals surface area contributed by atoms with Crippen LogP contribution in [0.2, 0.25) is 0 Å². The molecule has 3 aromatic heterocycles. The van der Waals surface area contributed by atoms with Gasteiger partial charge in [0.2, 0.25) is 0 Å². The fourth-order valence-electron chi connectivity index (χ4n) is 3.72. The van der Waals surface area contributed by atoms with Gasteiger partial charge in [-0.1, -0.05) is 30.3 Å². The monoisotopic (exact) mass is 427 g/mol. The summed E-state index contributed by atoms with van der Waals surface area (Å²) in [5.41, 5.74) is 4.39. The van der Waals surface area contributed by atoms with Crippen LogP contribution in [0.25, 0.3) is 27.0 Å². The highest BCUT2D eigenvalue weighted by Gasteiger charge is 2.17. The summed E-state index contributed by atoms with van der Waals surface area (Å²) < 4.78 is 7.19. The highest BCUT2D eigenvalue weighted by Crippen LogP contribution is 2.38. The Morgan fingerprint density at radius 3 is 2.65 bits per heavy atom. The van der Waals surface area contributed by atoms with E-state index in [1.54, 1.807) is 31.0 Å². The zero-order chi connectivity index (χ0) is 21.2. The van der Waals surface area contributed by atoms with E-state index >= 15 is 0 Å². The number of methoxy groups -OCH3 is 1. The van der Waals surface area contributed by atoms with E-state index in [2.05, 4.69) is 57.0 Å². The van der Waals surface area contributed by atoms with Crippen LogP contribution in [-0.2, 0) is 0 Å². The standard InChI is InChI=1S/C24H21N5OS/c1-16(19-6-3-4-7-21(19)29-13-5-12-27-29)28-23-22-20(14-31-24(22)26-15-25-23)17-8-10-18(30-2)11-9-17/h3-16H,1-2H3,(H,25,26,28). The van der Waals surface area contributed by atoms with E-state index in [0.29, 0.717) is 0 Å². The van der Waals surface area contributed by atoms with Gasteiger partial charge in [-0.05, 0) is 42.3 Å². The van der Waals surface area contributed by atoms with Gasteiger partial charge in [0.05, 0.1) is 24.2 Å². The summed E-state index contributed by atoms with van der Waals surface area (Å²) in [5.74, 6) is 1.65. The Morgan fingerprint density at radius 2 is 1.87 bits per heavy atom. The lowest BCUT2D eigenvalue weighted by Crippen LogP contribution is -2.12. The van der Waals surface area contributed by atoms with E-state index in [9.17, 15) is 0 Å². The van der Waals surface area contributed by atoms with E-state index in [0.717, 1.165) is 44.2 Å². The van der Waals surface area contributed by atoms with Crippen molar-refractivity contribution >= 4 is 27.4 Å². The minimum Gasteiger partial charge on any atom is -0.497 e. The van der Waals surface area contributed by atoms with Crippen LogP contribution in [0, 0.1) is 0 Å². The van der Waals surface area contributed by atoms with Gasteiger partial charge in [0.15, 0.2) is 0 Å². The maximum atomic E-state index is 5.30. The second-order valence-corrected chi connectivity index (χ2v) is 8.01. The number of rotatable bonds is 6. The summed E-state index contributed by atoms with van der Waals surface area (Å²) in [6, 6.07) is 18.3. The molecule has 154 valence electrons. The molecule has 3 heterocycles. The number of hydrogen-bond acceptors (Lipinski definition) is 6. The molecule has 0 saturated heterocycles. The van der Waals surface area contributed by atoms with Crippen molar-refractivity contribution < 1.29 is 4.74 Å². The lowest BCUT2D eigenvalue weighted by atomic mass is 10.0. The fraction of sp³-hybridized carbons (Fsp3) is 0.125. The third-order valence-electron chi connectivity index (χ3n) is 5.28. The molecule has 0 spiro atoms. The van der Waals surface area contributed by atoms with E-state index in [4.69, 9.17) is 4.74 Å². The molecule has 0 fully saturated rings. The molecule has 0 bridgehead atoms. The second kappa shape index (κ2) is 8.20. The minimum absolute atomic E-state index is 0.0158. The Bertz CT molecular complexity index is 1310. The maximum Gasteiger partial charge on any atom is 0.139 e. The number of anilines is 1. The smallest absolute Gasteiger partial charge is 0.139 e. The van der Waals surface area contributed by atoms with Crippen molar-refractivity contribution in [3.05, 3.63) is 84.3 Å². The van der Waals surface area contributed by atoms with Crippen molar-refractivity contribution in [3.63, 3.8) is 0 Å². The SMILES string of the molecule is COc1ccc(-c2csc3ncnc(NC(C)c4ccccc4-n4cccn4)c23)cc1. The lowest BCUT2D eigenvalue weighted by molar-refractivity contribution is 0.415. The lowest BCUT2D eigenvalue weighted by Gasteiger charge is -2.19. The quantitative estimate of drug-likeness (QED) is 0.375. The highest BCUT2D eigenvalue weighted by molar-refractivity contribution is 7.17. The zero-order valence-corrected chi connectivity index (χ0v) is 18.0. The van der Waals surface area contributed by atoms with Crippen LogP contribution in [0.3, 0.4) is 0 Å². The van der Waals surface area contributed by atoms with E-state index in [1.807, 2.05) is 41.2 Å². The average molecular weight is 428 g/mol. The molecule has 6 nitrogen and oxygen atoms in total. The Balaban J connectivity index is 1.54. The molecule has 31 heavy (non-hydrogen) atoms. The van der Waals surface area contributed by atoms with Crippen molar-refractivity contribution in [1.29, 1.82) is 0 Å². The molecule has 7 heteroatoms. The molecule has 0 amide bonds. The van der Waals surface area contributed by atoms with Crippen molar-refractivity contribution in [2.75, 3.05) is 12.4 Å². The molecule has 5 rings (SSSR count). The molecule has 1 unspecified atom stereocenters. The summed E-state index contributed by atoms with van der Waals surface area (Å²) >= 11 is 1.62. The zero-order valence-electron chi connectivity index (χ0n) is 17.2. The first-order valence-corrected chi connectivity index (χ1v) is 10.8. The van der Waals surface area contributed by atoms with Gasteiger partial charge >= 0.3 is 0 Å². The van der Waals surface area contributed by atoms with Crippen LogP contribution in [0.4, 0.5) is 5.82 Å². The first kappa shape index (κ1) is 19.3. The van der Waals surface area contributed by atoms with Crippen LogP contribution < -0.4 is 10.1 Å². The van der Waals surface area contributed by atoms with Gasteiger partial charge in [0, 0.05) is 23.3 Å². The number of nitrogens with one attached hydrogen (secondary N) is 1. The molecule has 1 N–H and O–H groups in total. The number of ether oxygens (including phenoxy) is 1. The first-order valence-electron chi connectivity index (χ1n) is 9.96. The molecule has 0 radical (unpaired) electrons. The van der Waals surface area contributed by atoms with Crippen LogP contribution in [-0.4, -0.2) is 26.9 Å². The van der Waals surface area contributed by atoms with Gasteiger partial charge in [0.1, 0.15) is 22.7 Å². The topological polar surface area (TPSA) is 64.9 Å². The van der Waals surface area contributed by atoms with Crippen molar-refractivity contribution in [2.45, 2.75) is 13.0 Å². The molecular formula is C24H21N5OS. The maximum absolute atomic E-state index is 5.30. The number of hydrogen-bond donors (Lipinski definition) is 1.